The maximum Gasteiger partial charge on any atom is 0.275 e. The molecule has 2 aromatic carbocycles. The van der Waals surface area contributed by atoms with Crippen LogP contribution in [-0.2, 0) is 4.74 Å². The molecule has 0 spiro atoms. The van der Waals surface area contributed by atoms with Crippen molar-refractivity contribution < 1.29 is 23.8 Å². The number of methoxy groups -OCH3 is 2. The van der Waals surface area contributed by atoms with Gasteiger partial charge in [0.1, 0.15) is 5.60 Å². The molecule has 2 aliphatic rings. The van der Waals surface area contributed by atoms with E-state index in [9.17, 15) is 14.3 Å². The summed E-state index contributed by atoms with van der Waals surface area (Å²) in [5, 5.41) is 18.4. The summed E-state index contributed by atoms with van der Waals surface area (Å²) < 4.78 is 26.3. The predicted octanol–water partition coefficient (Wildman–Crippen LogP) is 4.11. The normalized spacial score (nSPS) is 22.9. The van der Waals surface area contributed by atoms with Crippen LogP contribution in [0.5, 0.6) is 5.75 Å². The maximum absolute atomic E-state index is 14.2. The summed E-state index contributed by atoms with van der Waals surface area (Å²) in [5.41, 5.74) is 1.72. The highest BCUT2D eigenvalue weighted by Gasteiger charge is 2.42. The Morgan fingerprint density at radius 3 is 2.83 bits per heavy atom. The number of amides is 1. The SMILES string of the molecule is COC[C@]1(O)CCCC[C@H]1n1cnc(C(=O)N2CCNC[C@H]2CCNc2ccc(F)c(OC)c2)c1-c1ccccc1. The van der Waals surface area contributed by atoms with Gasteiger partial charge >= 0.3 is 0 Å². The van der Waals surface area contributed by atoms with Crippen molar-refractivity contribution in [3.8, 4) is 17.0 Å². The first-order valence-electron chi connectivity index (χ1n) is 14.4. The number of nitrogens with one attached hydrogen (secondary N) is 2. The molecule has 1 aliphatic carbocycles. The van der Waals surface area contributed by atoms with Crippen LogP contribution in [0.25, 0.3) is 11.3 Å². The molecule has 1 saturated heterocycles. The van der Waals surface area contributed by atoms with Gasteiger partial charge in [-0.1, -0.05) is 43.2 Å². The Balaban J connectivity index is 1.40. The van der Waals surface area contributed by atoms with Crippen molar-refractivity contribution in [2.45, 2.75) is 49.8 Å². The van der Waals surface area contributed by atoms with E-state index in [1.54, 1.807) is 25.6 Å². The minimum Gasteiger partial charge on any atom is -0.494 e. The van der Waals surface area contributed by atoms with Gasteiger partial charge in [-0.15, -0.1) is 0 Å². The van der Waals surface area contributed by atoms with Crippen molar-refractivity contribution in [3.63, 3.8) is 0 Å². The largest absolute Gasteiger partial charge is 0.494 e. The van der Waals surface area contributed by atoms with E-state index in [1.165, 1.54) is 13.2 Å². The predicted molar refractivity (Wildman–Crippen MR) is 156 cm³/mol. The van der Waals surface area contributed by atoms with Gasteiger partial charge in [-0.3, -0.25) is 4.79 Å². The number of rotatable bonds is 10. The number of carbonyl (C=O) groups excluding carboxylic acids is 1. The van der Waals surface area contributed by atoms with E-state index in [0.717, 1.165) is 36.2 Å². The van der Waals surface area contributed by atoms with E-state index in [-0.39, 0.29) is 30.3 Å². The molecule has 2 heterocycles. The van der Waals surface area contributed by atoms with Gasteiger partial charge in [-0.25, -0.2) is 9.37 Å². The molecular formula is C31H40FN5O4. The van der Waals surface area contributed by atoms with Crippen molar-refractivity contribution in [3.05, 3.63) is 66.4 Å². The Morgan fingerprint density at radius 1 is 1.22 bits per heavy atom. The van der Waals surface area contributed by atoms with E-state index >= 15 is 0 Å². The molecule has 3 atom stereocenters. The number of ether oxygens (including phenoxy) is 2. The molecule has 220 valence electrons. The highest BCUT2D eigenvalue weighted by molar-refractivity contribution is 5.98. The van der Waals surface area contributed by atoms with E-state index in [4.69, 9.17) is 14.5 Å². The van der Waals surface area contributed by atoms with Crippen LogP contribution in [0.15, 0.2) is 54.9 Å². The van der Waals surface area contributed by atoms with Crippen LogP contribution in [-0.4, -0.2) is 84.1 Å². The van der Waals surface area contributed by atoms with Gasteiger partial charge in [0.05, 0.1) is 31.8 Å². The molecule has 0 radical (unpaired) electrons. The Hall–Kier alpha value is -3.47. The van der Waals surface area contributed by atoms with Crippen LogP contribution >= 0.6 is 0 Å². The molecule has 1 aromatic heterocycles. The monoisotopic (exact) mass is 565 g/mol. The lowest BCUT2D eigenvalue weighted by Gasteiger charge is -2.41. The van der Waals surface area contributed by atoms with E-state index in [2.05, 4.69) is 10.6 Å². The molecule has 2 fully saturated rings. The molecule has 0 unspecified atom stereocenters. The molecule has 9 nitrogen and oxygen atoms in total. The molecule has 5 rings (SSSR count). The van der Waals surface area contributed by atoms with Gasteiger partial charge in [0.2, 0.25) is 0 Å². The van der Waals surface area contributed by atoms with Crippen LogP contribution in [0.4, 0.5) is 10.1 Å². The van der Waals surface area contributed by atoms with Gasteiger partial charge in [0, 0.05) is 56.6 Å². The lowest BCUT2D eigenvalue weighted by molar-refractivity contribution is -0.0893. The van der Waals surface area contributed by atoms with Crippen molar-refractivity contribution in [2.75, 3.05) is 52.3 Å². The van der Waals surface area contributed by atoms with E-state index < -0.39 is 11.4 Å². The molecule has 3 N–H and O–H groups in total. The Kier molecular flexibility index (Phi) is 9.22. The van der Waals surface area contributed by atoms with Gasteiger partial charge in [0.25, 0.3) is 5.91 Å². The number of hydrogen-bond donors (Lipinski definition) is 3. The average molecular weight is 566 g/mol. The second-order valence-corrected chi connectivity index (χ2v) is 10.9. The Morgan fingerprint density at radius 2 is 2.05 bits per heavy atom. The maximum atomic E-state index is 14.2. The summed E-state index contributed by atoms with van der Waals surface area (Å²) in [7, 11) is 3.05. The number of benzene rings is 2. The van der Waals surface area contributed by atoms with Crippen LogP contribution < -0.4 is 15.4 Å². The molecule has 1 amide bonds. The first-order chi connectivity index (χ1) is 19.9. The number of hydrogen-bond acceptors (Lipinski definition) is 7. The summed E-state index contributed by atoms with van der Waals surface area (Å²) >= 11 is 0. The molecule has 10 heteroatoms. The molecule has 0 bridgehead atoms. The van der Waals surface area contributed by atoms with Gasteiger partial charge in [-0.2, -0.15) is 0 Å². The van der Waals surface area contributed by atoms with Crippen LogP contribution in [0.3, 0.4) is 0 Å². The summed E-state index contributed by atoms with van der Waals surface area (Å²) in [6.07, 6.45) is 5.73. The number of halogens is 1. The zero-order valence-electron chi connectivity index (χ0n) is 23.8. The number of aromatic nitrogens is 2. The fourth-order valence-electron chi connectivity index (χ4n) is 6.23. The topological polar surface area (TPSA) is 101 Å². The lowest BCUT2D eigenvalue weighted by Crippen LogP contribution is -2.54. The summed E-state index contributed by atoms with van der Waals surface area (Å²) in [6, 6.07) is 14.2. The second-order valence-electron chi connectivity index (χ2n) is 10.9. The number of imidazole rings is 1. The molecule has 1 saturated carbocycles. The number of nitrogens with zero attached hydrogens (tertiary/aromatic N) is 3. The van der Waals surface area contributed by atoms with Crippen LogP contribution in [0, 0.1) is 5.82 Å². The third-order valence-electron chi connectivity index (χ3n) is 8.30. The van der Waals surface area contributed by atoms with E-state index in [0.29, 0.717) is 44.7 Å². The van der Waals surface area contributed by atoms with Gasteiger partial charge in [-0.05, 0) is 31.4 Å². The second kappa shape index (κ2) is 13.0. The minimum absolute atomic E-state index is 0.0556. The van der Waals surface area contributed by atoms with Crippen LogP contribution in [0.1, 0.15) is 48.6 Å². The molecule has 3 aromatic rings. The highest BCUT2D eigenvalue weighted by Crippen LogP contribution is 2.41. The molecular weight excluding hydrogens is 525 g/mol. The Labute approximate surface area is 240 Å². The fraction of sp³-hybridized carbons (Fsp3) is 0.484. The third-order valence-corrected chi connectivity index (χ3v) is 8.30. The highest BCUT2D eigenvalue weighted by atomic mass is 19.1. The summed E-state index contributed by atoms with van der Waals surface area (Å²) in [4.78, 5) is 20.8. The third kappa shape index (κ3) is 6.24. The van der Waals surface area contributed by atoms with Crippen molar-refractivity contribution >= 4 is 11.6 Å². The smallest absolute Gasteiger partial charge is 0.275 e. The standard InChI is InChI=1S/C31H40FN5O4/c1-40-20-31(39)14-7-6-10-27(31)37-21-35-28(29(37)22-8-4-3-5-9-22)30(38)36-17-16-33-19-24(36)13-15-34-23-11-12-25(32)26(18-23)41-2/h3-5,8-9,11-12,18,21,24,27,33-34,39H,6-7,10,13-17,19-20H2,1-2H3/t24-,27-,31-/m1/s1. The molecule has 41 heavy (non-hydrogen) atoms. The summed E-state index contributed by atoms with van der Waals surface area (Å²) in [5.74, 6) is -0.344. The zero-order chi connectivity index (χ0) is 28.8. The average Bonchev–Trinajstić information content (AvgIpc) is 3.43. The minimum atomic E-state index is -1.04. The number of carbonyl (C=O) groups is 1. The van der Waals surface area contributed by atoms with Crippen molar-refractivity contribution in [2.24, 2.45) is 0 Å². The number of piperazine rings is 1. The first kappa shape index (κ1) is 29.0. The van der Waals surface area contributed by atoms with Crippen LogP contribution in [0.2, 0.25) is 0 Å². The van der Waals surface area contributed by atoms with E-state index in [1.807, 2.05) is 39.8 Å². The summed E-state index contributed by atoms with van der Waals surface area (Å²) in [6.45, 7) is 2.74. The Bertz CT molecular complexity index is 1320. The fourth-order valence-corrected chi connectivity index (χ4v) is 6.23. The zero-order valence-corrected chi connectivity index (χ0v) is 23.8. The number of aliphatic hydroxyl groups is 1. The van der Waals surface area contributed by atoms with Crippen molar-refractivity contribution in [1.29, 1.82) is 0 Å². The van der Waals surface area contributed by atoms with Crippen molar-refractivity contribution in [1.82, 2.24) is 19.8 Å². The van der Waals surface area contributed by atoms with Gasteiger partial charge < -0.3 is 34.7 Å². The first-order valence-corrected chi connectivity index (χ1v) is 14.4. The molecule has 1 aliphatic heterocycles. The number of anilines is 1. The quantitative estimate of drug-likeness (QED) is 0.340. The lowest BCUT2D eigenvalue weighted by atomic mass is 9.80. The van der Waals surface area contributed by atoms with Gasteiger partial charge in [0.15, 0.2) is 17.3 Å².